The maximum atomic E-state index is 3.84. The molecule has 92 valence electrons. The molecule has 0 aliphatic carbocycles. The number of allylic oxidation sites excluding steroid dienone is 5. The fourth-order valence-corrected chi connectivity index (χ4v) is 2.93. The SMILES string of the molecule is C=C(C)/C=C\C=C/C(C)P(C)CCCCC. The normalized spacial score (nSPS) is 15.8. The molecule has 1 heteroatoms. The van der Waals surface area contributed by atoms with Gasteiger partial charge in [-0.25, -0.2) is 0 Å². The van der Waals surface area contributed by atoms with Crippen LogP contribution in [0.2, 0.25) is 0 Å². The van der Waals surface area contributed by atoms with E-state index in [9.17, 15) is 0 Å². The van der Waals surface area contributed by atoms with Crippen LogP contribution in [-0.4, -0.2) is 18.5 Å². The van der Waals surface area contributed by atoms with Gasteiger partial charge in [0.25, 0.3) is 0 Å². The predicted molar refractivity (Wildman–Crippen MR) is 79.8 cm³/mol. The van der Waals surface area contributed by atoms with Crippen LogP contribution in [0.15, 0.2) is 36.5 Å². The Bertz CT molecular complexity index is 238. The second-order valence-electron chi connectivity index (χ2n) is 4.52. The summed E-state index contributed by atoms with van der Waals surface area (Å²) in [6.45, 7) is 12.9. The Morgan fingerprint density at radius 1 is 1.31 bits per heavy atom. The van der Waals surface area contributed by atoms with Crippen LogP contribution in [0, 0.1) is 0 Å². The molecule has 0 aliphatic rings. The van der Waals surface area contributed by atoms with E-state index >= 15 is 0 Å². The topological polar surface area (TPSA) is 0 Å². The fourth-order valence-electron chi connectivity index (χ4n) is 1.41. The number of unbranched alkanes of at least 4 members (excludes halogenated alkanes) is 2. The minimum atomic E-state index is 0.172. The van der Waals surface area contributed by atoms with Crippen LogP contribution in [0.25, 0.3) is 0 Å². The van der Waals surface area contributed by atoms with Crippen molar-refractivity contribution in [3.05, 3.63) is 36.5 Å². The Kier molecular flexibility index (Phi) is 9.63. The highest BCUT2D eigenvalue weighted by Crippen LogP contribution is 2.38. The van der Waals surface area contributed by atoms with E-state index in [1.165, 1.54) is 25.4 Å². The molecule has 0 aromatic rings. The van der Waals surface area contributed by atoms with Gasteiger partial charge in [-0.2, -0.15) is 0 Å². The van der Waals surface area contributed by atoms with Gasteiger partial charge in [-0.1, -0.05) is 63.1 Å². The first kappa shape index (κ1) is 15.7. The van der Waals surface area contributed by atoms with Crippen molar-refractivity contribution in [2.75, 3.05) is 12.8 Å². The summed E-state index contributed by atoms with van der Waals surface area (Å²) >= 11 is 0. The average molecular weight is 238 g/mol. The van der Waals surface area contributed by atoms with E-state index in [1.807, 2.05) is 6.92 Å². The molecule has 0 bridgehead atoms. The van der Waals surface area contributed by atoms with Gasteiger partial charge < -0.3 is 0 Å². The molecule has 0 radical (unpaired) electrons. The van der Waals surface area contributed by atoms with Gasteiger partial charge in [0.15, 0.2) is 0 Å². The van der Waals surface area contributed by atoms with E-state index in [1.54, 1.807) is 0 Å². The summed E-state index contributed by atoms with van der Waals surface area (Å²) in [4.78, 5) is 0. The Hall–Kier alpha value is -0.350. The highest BCUT2D eigenvalue weighted by Gasteiger charge is 2.06. The lowest BCUT2D eigenvalue weighted by molar-refractivity contribution is 0.774. The molecule has 0 saturated heterocycles. The lowest BCUT2D eigenvalue weighted by Gasteiger charge is -2.16. The Morgan fingerprint density at radius 3 is 2.56 bits per heavy atom. The highest BCUT2D eigenvalue weighted by molar-refractivity contribution is 7.57. The Morgan fingerprint density at radius 2 is 2.00 bits per heavy atom. The van der Waals surface area contributed by atoms with Gasteiger partial charge in [0.2, 0.25) is 0 Å². The first-order valence-electron chi connectivity index (χ1n) is 6.28. The summed E-state index contributed by atoms with van der Waals surface area (Å²) in [5.41, 5.74) is 1.85. The number of rotatable bonds is 8. The van der Waals surface area contributed by atoms with Crippen LogP contribution in [0.4, 0.5) is 0 Å². The van der Waals surface area contributed by atoms with Gasteiger partial charge in [0.1, 0.15) is 0 Å². The molecule has 0 aromatic heterocycles. The van der Waals surface area contributed by atoms with Crippen LogP contribution in [0.5, 0.6) is 0 Å². The summed E-state index contributed by atoms with van der Waals surface area (Å²) in [6, 6.07) is 0. The maximum Gasteiger partial charge on any atom is -0.00573 e. The maximum absolute atomic E-state index is 3.84. The van der Waals surface area contributed by atoms with Crippen molar-refractivity contribution in [1.29, 1.82) is 0 Å². The summed E-state index contributed by atoms with van der Waals surface area (Å²) in [6.07, 6.45) is 14.2. The van der Waals surface area contributed by atoms with Gasteiger partial charge in [-0.05, 0) is 31.8 Å². The van der Waals surface area contributed by atoms with E-state index < -0.39 is 0 Å². The molecule has 0 rings (SSSR count). The van der Waals surface area contributed by atoms with Gasteiger partial charge in [-0.3, -0.25) is 0 Å². The Balaban J connectivity index is 3.85. The van der Waals surface area contributed by atoms with Crippen molar-refractivity contribution in [3.8, 4) is 0 Å². The molecule has 16 heavy (non-hydrogen) atoms. The molecule has 0 nitrogen and oxygen atoms in total. The van der Waals surface area contributed by atoms with Gasteiger partial charge in [0.05, 0.1) is 0 Å². The third kappa shape index (κ3) is 8.92. The molecular weight excluding hydrogens is 211 g/mol. The molecule has 0 N–H and O–H groups in total. The van der Waals surface area contributed by atoms with E-state index in [2.05, 4.69) is 51.4 Å². The first-order valence-corrected chi connectivity index (χ1v) is 8.32. The van der Waals surface area contributed by atoms with Crippen molar-refractivity contribution in [3.63, 3.8) is 0 Å². The summed E-state index contributed by atoms with van der Waals surface area (Å²) in [5.74, 6) is 0. The van der Waals surface area contributed by atoms with Gasteiger partial charge >= 0.3 is 0 Å². The first-order chi connectivity index (χ1) is 7.57. The molecule has 0 spiro atoms. The highest BCUT2D eigenvalue weighted by atomic mass is 31.1. The fraction of sp³-hybridized carbons (Fsp3) is 0.600. The lowest BCUT2D eigenvalue weighted by atomic mass is 10.3. The quantitative estimate of drug-likeness (QED) is 0.303. The number of hydrogen-bond donors (Lipinski definition) is 0. The molecule has 0 fully saturated rings. The van der Waals surface area contributed by atoms with Crippen molar-refractivity contribution >= 4 is 7.92 Å². The van der Waals surface area contributed by atoms with E-state index in [0.717, 1.165) is 11.2 Å². The summed E-state index contributed by atoms with van der Waals surface area (Å²) in [7, 11) is 0.172. The van der Waals surface area contributed by atoms with Crippen molar-refractivity contribution in [2.45, 2.75) is 45.7 Å². The van der Waals surface area contributed by atoms with Gasteiger partial charge in [-0.15, -0.1) is 7.92 Å². The molecule has 0 aliphatic heterocycles. The van der Waals surface area contributed by atoms with Crippen molar-refractivity contribution in [2.24, 2.45) is 0 Å². The molecular formula is C15H27P. The zero-order valence-corrected chi connectivity index (χ0v) is 12.3. The van der Waals surface area contributed by atoms with Crippen LogP contribution < -0.4 is 0 Å². The largest absolute Gasteiger partial charge is 0.103 e. The molecule has 0 heterocycles. The zero-order chi connectivity index (χ0) is 12.4. The van der Waals surface area contributed by atoms with Crippen LogP contribution in [-0.2, 0) is 0 Å². The number of hydrogen-bond acceptors (Lipinski definition) is 0. The van der Waals surface area contributed by atoms with Gasteiger partial charge in [0, 0.05) is 0 Å². The van der Waals surface area contributed by atoms with E-state index in [4.69, 9.17) is 0 Å². The smallest absolute Gasteiger partial charge is 0.00573 e. The summed E-state index contributed by atoms with van der Waals surface area (Å²) in [5, 5.41) is 0. The monoisotopic (exact) mass is 238 g/mol. The average Bonchev–Trinajstić information content (AvgIpc) is 2.24. The molecule has 0 amide bonds. The predicted octanol–water partition coefficient (Wildman–Crippen LogP) is 5.37. The molecule has 0 aromatic carbocycles. The molecule has 2 unspecified atom stereocenters. The summed E-state index contributed by atoms with van der Waals surface area (Å²) < 4.78 is 0. The molecule has 2 atom stereocenters. The van der Waals surface area contributed by atoms with Crippen LogP contribution >= 0.6 is 7.92 Å². The minimum absolute atomic E-state index is 0.172. The second kappa shape index (κ2) is 9.85. The van der Waals surface area contributed by atoms with E-state index in [0.29, 0.717) is 0 Å². The Labute approximate surface area is 103 Å². The third-order valence-corrected chi connectivity index (χ3v) is 5.28. The standard InChI is InChI=1S/C15H27P/c1-6-7-10-13-16(5)15(4)12-9-8-11-14(2)3/h8-9,11-12,15H,2,6-7,10,13H2,1,3-5H3/b11-8-,12-9-. The zero-order valence-electron chi connectivity index (χ0n) is 11.4. The van der Waals surface area contributed by atoms with Crippen molar-refractivity contribution < 1.29 is 0 Å². The van der Waals surface area contributed by atoms with Crippen LogP contribution in [0.3, 0.4) is 0 Å². The van der Waals surface area contributed by atoms with Crippen molar-refractivity contribution in [1.82, 2.24) is 0 Å². The van der Waals surface area contributed by atoms with Crippen LogP contribution in [0.1, 0.15) is 40.0 Å². The minimum Gasteiger partial charge on any atom is -0.103 e. The molecule has 0 saturated carbocycles. The second-order valence-corrected chi connectivity index (χ2v) is 7.29. The lowest BCUT2D eigenvalue weighted by Crippen LogP contribution is -1.97. The third-order valence-electron chi connectivity index (χ3n) is 2.69. The van der Waals surface area contributed by atoms with E-state index in [-0.39, 0.29) is 7.92 Å².